The number of benzene rings is 1. The summed E-state index contributed by atoms with van der Waals surface area (Å²) >= 11 is 0. The number of nitrogens with two attached hydrogens (primary N) is 1. The van der Waals surface area contributed by atoms with Crippen LogP contribution in [0.15, 0.2) is 18.2 Å². The smallest absolute Gasteiger partial charge is 0.338 e. The molecule has 1 aromatic carbocycles. The zero-order valence-corrected chi connectivity index (χ0v) is 10.8. The van der Waals surface area contributed by atoms with Gasteiger partial charge in [-0.1, -0.05) is 6.07 Å². The summed E-state index contributed by atoms with van der Waals surface area (Å²) in [6.45, 7) is 2.22. The second-order valence-corrected chi connectivity index (χ2v) is 4.21. The maximum atomic E-state index is 11.6. The first-order valence-electron chi connectivity index (χ1n) is 5.75. The van der Waals surface area contributed by atoms with Crippen molar-refractivity contribution in [3.8, 4) is 0 Å². The molecule has 0 heterocycles. The molecule has 1 aliphatic rings. The Morgan fingerprint density at radius 3 is 2.94 bits per heavy atom. The van der Waals surface area contributed by atoms with Gasteiger partial charge in [-0.25, -0.2) is 4.79 Å². The van der Waals surface area contributed by atoms with E-state index >= 15 is 0 Å². The normalized spacial score (nSPS) is 17.9. The Morgan fingerprint density at radius 1 is 1.47 bits per heavy atom. The summed E-state index contributed by atoms with van der Waals surface area (Å²) in [6, 6.07) is 6.01. The van der Waals surface area contributed by atoms with Crippen LogP contribution in [0.25, 0.3) is 0 Å². The summed E-state index contributed by atoms with van der Waals surface area (Å²) in [5.74, 6) is -0.246. The Hall–Kier alpha value is -1.06. The summed E-state index contributed by atoms with van der Waals surface area (Å²) in [7, 11) is 0. The highest BCUT2D eigenvalue weighted by atomic mass is 35.5. The minimum absolute atomic E-state index is 0. The van der Waals surface area contributed by atoms with Crippen LogP contribution in [0.1, 0.15) is 34.8 Å². The van der Waals surface area contributed by atoms with E-state index in [0.717, 1.165) is 19.3 Å². The van der Waals surface area contributed by atoms with Gasteiger partial charge in [-0.05, 0) is 49.4 Å². The monoisotopic (exact) mass is 255 g/mol. The fourth-order valence-corrected chi connectivity index (χ4v) is 2.13. The number of carbonyl (C=O) groups is 1. The van der Waals surface area contributed by atoms with E-state index in [1.165, 1.54) is 11.1 Å². The van der Waals surface area contributed by atoms with Crippen LogP contribution in [0.4, 0.5) is 0 Å². The molecule has 1 aromatic rings. The number of fused-ring (bicyclic) bond motifs is 1. The number of ether oxygens (including phenoxy) is 1. The van der Waals surface area contributed by atoms with Crippen LogP contribution in [0.3, 0.4) is 0 Å². The number of halogens is 1. The summed E-state index contributed by atoms with van der Waals surface area (Å²) in [4.78, 5) is 11.6. The van der Waals surface area contributed by atoms with Gasteiger partial charge >= 0.3 is 5.97 Å². The van der Waals surface area contributed by atoms with Gasteiger partial charge in [-0.2, -0.15) is 0 Å². The highest BCUT2D eigenvalue weighted by molar-refractivity contribution is 5.89. The average Bonchev–Trinajstić information content (AvgIpc) is 2.28. The van der Waals surface area contributed by atoms with Crippen LogP contribution in [0, 0.1) is 0 Å². The van der Waals surface area contributed by atoms with E-state index in [-0.39, 0.29) is 24.4 Å². The van der Waals surface area contributed by atoms with E-state index in [9.17, 15) is 4.79 Å². The SMILES string of the molecule is CCOC(=O)c1ccc2c(c1)CC(N)CC2.Cl. The van der Waals surface area contributed by atoms with E-state index in [4.69, 9.17) is 10.5 Å². The van der Waals surface area contributed by atoms with E-state index in [2.05, 4.69) is 0 Å². The van der Waals surface area contributed by atoms with E-state index in [1.807, 2.05) is 25.1 Å². The highest BCUT2D eigenvalue weighted by Gasteiger charge is 2.17. The van der Waals surface area contributed by atoms with Gasteiger partial charge in [-0.3, -0.25) is 0 Å². The molecule has 1 unspecified atom stereocenters. The van der Waals surface area contributed by atoms with Crippen LogP contribution in [0.5, 0.6) is 0 Å². The number of aryl methyl sites for hydroxylation is 1. The molecule has 4 heteroatoms. The Labute approximate surface area is 108 Å². The molecule has 17 heavy (non-hydrogen) atoms. The van der Waals surface area contributed by atoms with Gasteiger partial charge in [0.05, 0.1) is 12.2 Å². The first kappa shape index (κ1) is 14.0. The predicted octanol–water partition coefficient (Wildman–Crippen LogP) is 2.10. The van der Waals surface area contributed by atoms with Crippen molar-refractivity contribution in [1.82, 2.24) is 0 Å². The zero-order chi connectivity index (χ0) is 11.5. The molecule has 0 saturated heterocycles. The molecular formula is C13H18ClNO2. The first-order chi connectivity index (χ1) is 7.70. The second kappa shape index (κ2) is 6.03. The molecule has 1 aliphatic carbocycles. The van der Waals surface area contributed by atoms with Gasteiger partial charge in [0.2, 0.25) is 0 Å². The van der Waals surface area contributed by atoms with E-state index < -0.39 is 0 Å². The van der Waals surface area contributed by atoms with Crippen molar-refractivity contribution in [3.63, 3.8) is 0 Å². The molecule has 0 bridgehead atoms. The largest absolute Gasteiger partial charge is 0.462 e. The number of hydrogen-bond donors (Lipinski definition) is 1. The fourth-order valence-electron chi connectivity index (χ4n) is 2.13. The van der Waals surface area contributed by atoms with Gasteiger partial charge in [0.25, 0.3) is 0 Å². The maximum absolute atomic E-state index is 11.6. The lowest BCUT2D eigenvalue weighted by Gasteiger charge is -2.21. The third kappa shape index (κ3) is 3.20. The Morgan fingerprint density at radius 2 is 2.24 bits per heavy atom. The molecule has 0 saturated carbocycles. The lowest BCUT2D eigenvalue weighted by atomic mass is 9.88. The maximum Gasteiger partial charge on any atom is 0.338 e. The van der Waals surface area contributed by atoms with Crippen LogP contribution in [0.2, 0.25) is 0 Å². The van der Waals surface area contributed by atoms with Gasteiger partial charge in [0, 0.05) is 6.04 Å². The standard InChI is InChI=1S/C13H17NO2.ClH/c1-2-16-13(15)10-4-3-9-5-6-12(14)8-11(9)7-10;/h3-4,7,12H,2,5-6,8,14H2,1H3;1H. The fraction of sp³-hybridized carbons (Fsp3) is 0.462. The van der Waals surface area contributed by atoms with Gasteiger partial charge < -0.3 is 10.5 Å². The molecule has 1 atom stereocenters. The minimum Gasteiger partial charge on any atom is -0.462 e. The van der Waals surface area contributed by atoms with Crippen molar-refractivity contribution in [3.05, 3.63) is 34.9 Å². The molecule has 2 rings (SSSR count). The lowest BCUT2D eigenvalue weighted by molar-refractivity contribution is 0.0526. The van der Waals surface area contributed by atoms with Crippen molar-refractivity contribution in [2.45, 2.75) is 32.2 Å². The van der Waals surface area contributed by atoms with Gasteiger partial charge in [-0.15, -0.1) is 12.4 Å². The molecule has 0 amide bonds. The molecule has 0 aromatic heterocycles. The molecule has 2 N–H and O–H groups in total. The van der Waals surface area contributed by atoms with Gasteiger partial charge in [0.15, 0.2) is 0 Å². The van der Waals surface area contributed by atoms with Crippen molar-refractivity contribution >= 4 is 18.4 Å². The number of rotatable bonds is 2. The predicted molar refractivity (Wildman–Crippen MR) is 69.6 cm³/mol. The van der Waals surface area contributed by atoms with E-state index in [0.29, 0.717) is 12.2 Å². The molecule has 0 radical (unpaired) electrons. The lowest BCUT2D eigenvalue weighted by Crippen LogP contribution is -2.28. The van der Waals surface area contributed by atoms with Crippen LogP contribution < -0.4 is 5.73 Å². The molecule has 0 fully saturated rings. The average molecular weight is 256 g/mol. The summed E-state index contributed by atoms with van der Waals surface area (Å²) in [5, 5.41) is 0. The number of esters is 1. The highest BCUT2D eigenvalue weighted by Crippen LogP contribution is 2.22. The Kier molecular flexibility index (Phi) is 4.97. The van der Waals surface area contributed by atoms with Crippen molar-refractivity contribution < 1.29 is 9.53 Å². The van der Waals surface area contributed by atoms with Gasteiger partial charge in [0.1, 0.15) is 0 Å². The Balaban J connectivity index is 0.00000144. The van der Waals surface area contributed by atoms with Crippen molar-refractivity contribution in [2.75, 3.05) is 6.61 Å². The third-order valence-corrected chi connectivity index (χ3v) is 2.98. The summed E-state index contributed by atoms with van der Waals surface area (Å²) in [5.41, 5.74) is 9.07. The summed E-state index contributed by atoms with van der Waals surface area (Å²) < 4.78 is 4.98. The summed E-state index contributed by atoms with van der Waals surface area (Å²) in [6.07, 6.45) is 2.91. The van der Waals surface area contributed by atoms with E-state index in [1.54, 1.807) is 0 Å². The third-order valence-electron chi connectivity index (χ3n) is 2.98. The second-order valence-electron chi connectivity index (χ2n) is 4.21. The first-order valence-corrected chi connectivity index (χ1v) is 5.75. The van der Waals surface area contributed by atoms with Crippen molar-refractivity contribution in [2.24, 2.45) is 5.73 Å². The van der Waals surface area contributed by atoms with Crippen LogP contribution in [-0.4, -0.2) is 18.6 Å². The quantitative estimate of drug-likeness (QED) is 0.824. The number of hydrogen-bond acceptors (Lipinski definition) is 3. The number of carbonyl (C=O) groups excluding carboxylic acids is 1. The van der Waals surface area contributed by atoms with Crippen LogP contribution in [-0.2, 0) is 17.6 Å². The molecule has 3 nitrogen and oxygen atoms in total. The zero-order valence-electron chi connectivity index (χ0n) is 9.94. The topological polar surface area (TPSA) is 52.3 Å². The minimum atomic E-state index is -0.246. The molecule has 94 valence electrons. The molecule has 0 spiro atoms. The Bertz CT molecular complexity index is 406. The molecule has 0 aliphatic heterocycles. The van der Waals surface area contributed by atoms with Crippen LogP contribution >= 0.6 is 12.4 Å². The molecular weight excluding hydrogens is 238 g/mol. The van der Waals surface area contributed by atoms with Crippen molar-refractivity contribution in [1.29, 1.82) is 0 Å².